The topological polar surface area (TPSA) is 116 Å². The third kappa shape index (κ3) is 4.02. The number of amides is 1. The van der Waals surface area contributed by atoms with Gasteiger partial charge in [0.25, 0.3) is 5.91 Å². The molecule has 8 nitrogen and oxygen atoms in total. The van der Waals surface area contributed by atoms with Crippen molar-refractivity contribution < 1.29 is 13.9 Å². The van der Waals surface area contributed by atoms with E-state index in [9.17, 15) is 14.0 Å². The van der Waals surface area contributed by atoms with Gasteiger partial charge in [-0.1, -0.05) is 13.3 Å². The van der Waals surface area contributed by atoms with Gasteiger partial charge < -0.3 is 15.5 Å². The van der Waals surface area contributed by atoms with Crippen molar-refractivity contribution in [2.75, 3.05) is 6.61 Å². The zero-order chi connectivity index (χ0) is 22.0. The van der Waals surface area contributed by atoms with E-state index in [-0.39, 0.29) is 22.7 Å². The quantitative estimate of drug-likeness (QED) is 0.445. The van der Waals surface area contributed by atoms with Crippen LogP contribution in [0.3, 0.4) is 0 Å². The summed E-state index contributed by atoms with van der Waals surface area (Å²) in [4.78, 5) is 36.0. The molecule has 0 aliphatic carbocycles. The predicted octanol–water partition coefficient (Wildman–Crippen LogP) is 3.19. The Morgan fingerprint density at radius 3 is 2.48 bits per heavy atom. The zero-order valence-corrected chi connectivity index (χ0v) is 16.8. The minimum atomic E-state index is -0.805. The van der Waals surface area contributed by atoms with Gasteiger partial charge >= 0.3 is 5.69 Å². The number of H-pyrrole nitrogens is 1. The molecule has 9 heteroatoms. The Morgan fingerprint density at radius 1 is 1.13 bits per heavy atom. The number of nitrogens with zero attached hydrogens (tertiary/aromatic N) is 3. The molecule has 0 atom stereocenters. The van der Waals surface area contributed by atoms with Crippen LogP contribution >= 0.6 is 0 Å². The Bertz CT molecular complexity index is 1290. The number of hydrogen-bond acceptors (Lipinski definition) is 5. The van der Waals surface area contributed by atoms with Crippen molar-refractivity contribution in [1.82, 2.24) is 19.5 Å². The van der Waals surface area contributed by atoms with Gasteiger partial charge in [-0.25, -0.2) is 23.7 Å². The van der Waals surface area contributed by atoms with E-state index in [1.165, 1.54) is 28.8 Å². The van der Waals surface area contributed by atoms with Crippen molar-refractivity contribution in [3.63, 3.8) is 0 Å². The minimum Gasteiger partial charge on any atom is -0.494 e. The number of carbonyl (C=O) groups is 1. The number of unbranched alkanes of at least 4 members (excludes halogenated alkanes) is 1. The monoisotopic (exact) mass is 421 g/mol. The molecule has 2 heterocycles. The lowest BCUT2D eigenvalue weighted by Gasteiger charge is -2.08. The average Bonchev–Trinajstić information content (AvgIpc) is 3.10. The van der Waals surface area contributed by atoms with Crippen molar-refractivity contribution in [2.45, 2.75) is 19.8 Å². The second-order valence-corrected chi connectivity index (χ2v) is 6.93. The number of rotatable bonds is 7. The number of imidazole rings is 1. The minimum absolute atomic E-state index is 0.110. The number of carbonyl (C=O) groups excluding carboxylic acids is 1. The highest BCUT2D eigenvalue weighted by Gasteiger charge is 2.20. The lowest BCUT2D eigenvalue weighted by Crippen LogP contribution is -2.15. The van der Waals surface area contributed by atoms with Crippen LogP contribution in [0, 0.1) is 5.82 Å². The molecule has 4 rings (SSSR count). The highest BCUT2D eigenvalue weighted by molar-refractivity contribution is 6.02. The molecule has 2 aromatic heterocycles. The molecule has 0 unspecified atom stereocenters. The van der Waals surface area contributed by atoms with E-state index in [4.69, 9.17) is 10.5 Å². The molecule has 0 radical (unpaired) electrons. The molecular formula is C22H20FN5O3. The average molecular weight is 421 g/mol. The summed E-state index contributed by atoms with van der Waals surface area (Å²) in [6.45, 7) is 2.71. The van der Waals surface area contributed by atoms with Gasteiger partial charge in [-0.2, -0.15) is 0 Å². The van der Waals surface area contributed by atoms with Crippen molar-refractivity contribution in [3.8, 4) is 22.8 Å². The summed E-state index contributed by atoms with van der Waals surface area (Å²) in [7, 11) is 0. The van der Waals surface area contributed by atoms with Gasteiger partial charge in [0.15, 0.2) is 17.2 Å². The van der Waals surface area contributed by atoms with Crippen LogP contribution in [0.4, 0.5) is 4.39 Å². The van der Waals surface area contributed by atoms with Crippen LogP contribution < -0.4 is 16.2 Å². The molecule has 31 heavy (non-hydrogen) atoms. The van der Waals surface area contributed by atoms with Crippen LogP contribution in [0.5, 0.6) is 5.75 Å². The molecule has 0 aliphatic rings. The molecule has 2 aromatic carbocycles. The number of ether oxygens (including phenoxy) is 1. The highest BCUT2D eigenvalue weighted by atomic mass is 19.1. The first-order valence-electron chi connectivity index (χ1n) is 9.79. The second-order valence-electron chi connectivity index (χ2n) is 6.93. The van der Waals surface area contributed by atoms with Crippen molar-refractivity contribution >= 4 is 17.1 Å². The van der Waals surface area contributed by atoms with E-state index in [1.54, 1.807) is 24.3 Å². The highest BCUT2D eigenvalue weighted by Crippen LogP contribution is 2.24. The number of nitrogens with two attached hydrogens (primary N) is 1. The van der Waals surface area contributed by atoms with Crippen LogP contribution in [-0.4, -0.2) is 32.0 Å². The van der Waals surface area contributed by atoms with E-state index < -0.39 is 17.4 Å². The van der Waals surface area contributed by atoms with Gasteiger partial charge in [0.05, 0.1) is 12.3 Å². The number of benzene rings is 2. The van der Waals surface area contributed by atoms with Gasteiger partial charge in [-0.05, 0) is 55.0 Å². The molecule has 0 bridgehead atoms. The molecule has 0 saturated heterocycles. The van der Waals surface area contributed by atoms with E-state index in [2.05, 4.69) is 21.9 Å². The van der Waals surface area contributed by atoms with Gasteiger partial charge in [0, 0.05) is 5.56 Å². The number of aromatic amines is 1. The van der Waals surface area contributed by atoms with Crippen LogP contribution in [-0.2, 0) is 0 Å². The van der Waals surface area contributed by atoms with Crippen molar-refractivity contribution in [1.29, 1.82) is 0 Å². The van der Waals surface area contributed by atoms with E-state index in [0.29, 0.717) is 23.6 Å². The Kier molecular flexibility index (Phi) is 5.48. The van der Waals surface area contributed by atoms with Gasteiger partial charge in [0.2, 0.25) is 0 Å². The third-order valence-corrected chi connectivity index (χ3v) is 4.73. The third-order valence-electron chi connectivity index (χ3n) is 4.73. The Morgan fingerprint density at radius 2 is 1.84 bits per heavy atom. The first kappa shape index (κ1) is 20.3. The summed E-state index contributed by atoms with van der Waals surface area (Å²) in [5.41, 5.74) is 6.14. The van der Waals surface area contributed by atoms with Gasteiger partial charge in [-0.3, -0.25) is 4.79 Å². The maximum Gasteiger partial charge on any atom is 0.332 e. The van der Waals surface area contributed by atoms with Crippen molar-refractivity contribution in [3.05, 3.63) is 70.5 Å². The van der Waals surface area contributed by atoms with Gasteiger partial charge in [0.1, 0.15) is 17.1 Å². The largest absolute Gasteiger partial charge is 0.494 e. The first-order chi connectivity index (χ1) is 15.0. The molecule has 158 valence electrons. The fraction of sp³-hybridized carbons (Fsp3) is 0.182. The number of nitrogens with one attached hydrogen (secondary N) is 1. The number of hydrogen-bond donors (Lipinski definition) is 2. The van der Waals surface area contributed by atoms with E-state index >= 15 is 0 Å². The summed E-state index contributed by atoms with van der Waals surface area (Å²) < 4.78 is 20.2. The van der Waals surface area contributed by atoms with Crippen LogP contribution in [0.1, 0.15) is 30.3 Å². The lowest BCUT2D eigenvalue weighted by atomic mass is 10.2. The molecule has 0 saturated carbocycles. The Labute approximate surface area is 176 Å². The number of fused-ring (bicyclic) bond motifs is 1. The number of halogens is 1. The summed E-state index contributed by atoms with van der Waals surface area (Å²) in [5, 5.41) is 0. The van der Waals surface area contributed by atoms with Crippen LogP contribution in [0.25, 0.3) is 28.2 Å². The second kappa shape index (κ2) is 8.39. The summed E-state index contributed by atoms with van der Waals surface area (Å²) in [6, 6.07) is 12.4. The normalized spacial score (nSPS) is 11.0. The molecule has 1 amide bonds. The smallest absolute Gasteiger partial charge is 0.332 e. The number of aromatic nitrogens is 4. The molecule has 0 aliphatic heterocycles. The fourth-order valence-electron chi connectivity index (χ4n) is 3.16. The molecular weight excluding hydrogens is 401 g/mol. The van der Waals surface area contributed by atoms with Crippen molar-refractivity contribution in [2.24, 2.45) is 5.73 Å². The van der Waals surface area contributed by atoms with Gasteiger partial charge in [-0.15, -0.1) is 0 Å². The van der Waals surface area contributed by atoms with E-state index in [1.807, 2.05) is 0 Å². The Hall–Kier alpha value is -4.01. The maximum atomic E-state index is 13.3. The fourth-order valence-corrected chi connectivity index (χ4v) is 3.16. The predicted molar refractivity (Wildman–Crippen MR) is 114 cm³/mol. The summed E-state index contributed by atoms with van der Waals surface area (Å²) >= 11 is 0. The van der Waals surface area contributed by atoms with E-state index in [0.717, 1.165) is 12.8 Å². The SMILES string of the molecule is CCCCOc1ccc(-c2nc(C(N)=O)c3[nH]c(=O)n(-c4ccc(F)cc4)c3n2)cc1. The summed E-state index contributed by atoms with van der Waals surface area (Å²) in [5.74, 6) is -0.318. The maximum absolute atomic E-state index is 13.3. The molecule has 0 fully saturated rings. The van der Waals surface area contributed by atoms with Crippen LogP contribution in [0.2, 0.25) is 0 Å². The lowest BCUT2D eigenvalue weighted by molar-refractivity contribution is 0.0997. The molecule has 3 N–H and O–H groups in total. The first-order valence-corrected chi connectivity index (χ1v) is 9.79. The number of primary amides is 1. The molecule has 0 spiro atoms. The zero-order valence-electron chi connectivity index (χ0n) is 16.8. The summed E-state index contributed by atoms with van der Waals surface area (Å²) in [6.07, 6.45) is 1.99. The molecule has 4 aromatic rings. The standard InChI is InChI=1S/C22H20FN5O3/c1-2-3-12-31-16-10-4-13(5-11-16)20-25-17(19(24)29)18-21(27-20)28(22(30)26-18)15-8-6-14(23)7-9-15/h4-11H,2-3,12H2,1H3,(H2,24,29)(H,26,30). The Balaban J connectivity index is 1.83. The van der Waals surface area contributed by atoms with Crippen LogP contribution in [0.15, 0.2) is 53.3 Å².